The molecule has 28 heavy (non-hydrogen) atoms. The molecule has 2 aromatic rings. The van der Waals surface area contributed by atoms with Crippen LogP contribution in [0.2, 0.25) is 0 Å². The summed E-state index contributed by atoms with van der Waals surface area (Å²) in [4.78, 5) is 0. The molecule has 0 aromatic heterocycles. The highest BCUT2D eigenvalue weighted by Gasteiger charge is 2.30. The van der Waals surface area contributed by atoms with Gasteiger partial charge in [-0.25, -0.2) is 0 Å². The van der Waals surface area contributed by atoms with Crippen molar-refractivity contribution in [3.8, 4) is 17.6 Å². The number of ether oxygens (including phenoxy) is 2. The molecule has 0 bridgehead atoms. The Morgan fingerprint density at radius 3 is 2.50 bits per heavy atom. The van der Waals surface area contributed by atoms with Crippen LogP contribution in [0.3, 0.4) is 0 Å². The third-order valence-electron chi connectivity index (χ3n) is 4.97. The topological polar surface area (TPSA) is 94.3 Å². The van der Waals surface area contributed by atoms with Crippen LogP contribution < -0.4 is 20.9 Å². The van der Waals surface area contributed by atoms with Gasteiger partial charge in [0.15, 0.2) is 0 Å². The lowest BCUT2D eigenvalue weighted by atomic mass is 9.83. The maximum Gasteiger partial charge on any atom is 0.205 e. The van der Waals surface area contributed by atoms with Gasteiger partial charge in [0, 0.05) is 17.3 Å². The number of hydrogen-bond donors (Lipinski definition) is 2. The van der Waals surface area contributed by atoms with Gasteiger partial charge in [0.2, 0.25) is 5.88 Å². The SMILES string of the molecule is CCCCCCCOc1ccc([C@@H]2C(C#N)=C(N)Oc3cc(N)ccc32)cc1. The third kappa shape index (κ3) is 4.40. The van der Waals surface area contributed by atoms with Crippen molar-refractivity contribution in [1.82, 2.24) is 0 Å². The number of nitrogens with zero attached hydrogens (tertiary/aromatic N) is 1. The molecule has 0 saturated carbocycles. The molecule has 3 rings (SSSR count). The molecule has 1 aliphatic rings. The summed E-state index contributed by atoms with van der Waals surface area (Å²) in [5.74, 6) is 1.27. The van der Waals surface area contributed by atoms with E-state index in [1.165, 1.54) is 25.7 Å². The summed E-state index contributed by atoms with van der Waals surface area (Å²) in [6, 6.07) is 15.5. The monoisotopic (exact) mass is 377 g/mol. The first kappa shape index (κ1) is 19.6. The summed E-state index contributed by atoms with van der Waals surface area (Å²) in [6.45, 7) is 2.93. The molecule has 0 spiro atoms. The Balaban J connectivity index is 1.75. The second-order valence-electron chi connectivity index (χ2n) is 7.05. The summed E-state index contributed by atoms with van der Waals surface area (Å²) >= 11 is 0. The molecule has 0 aliphatic carbocycles. The minimum atomic E-state index is -0.280. The van der Waals surface area contributed by atoms with E-state index in [0.29, 0.717) is 17.0 Å². The summed E-state index contributed by atoms with van der Waals surface area (Å²) in [6.07, 6.45) is 6.05. The van der Waals surface area contributed by atoms with Gasteiger partial charge in [0.25, 0.3) is 0 Å². The Bertz CT molecular complexity index is 882. The van der Waals surface area contributed by atoms with Crippen LogP contribution in [0.5, 0.6) is 11.5 Å². The van der Waals surface area contributed by atoms with Crippen molar-refractivity contribution >= 4 is 5.69 Å². The van der Waals surface area contributed by atoms with Crippen molar-refractivity contribution < 1.29 is 9.47 Å². The van der Waals surface area contributed by atoms with Gasteiger partial charge in [-0.1, -0.05) is 50.8 Å². The summed E-state index contributed by atoms with van der Waals surface area (Å²) in [5.41, 5.74) is 14.7. The molecular formula is C23H27N3O2. The van der Waals surface area contributed by atoms with Crippen molar-refractivity contribution in [1.29, 1.82) is 5.26 Å². The predicted molar refractivity (Wildman–Crippen MR) is 111 cm³/mol. The fourth-order valence-electron chi connectivity index (χ4n) is 3.47. The van der Waals surface area contributed by atoms with Crippen LogP contribution in [0.15, 0.2) is 53.9 Å². The van der Waals surface area contributed by atoms with Crippen LogP contribution in [0.4, 0.5) is 5.69 Å². The van der Waals surface area contributed by atoms with E-state index in [1.807, 2.05) is 36.4 Å². The smallest absolute Gasteiger partial charge is 0.205 e. The van der Waals surface area contributed by atoms with E-state index in [0.717, 1.165) is 29.9 Å². The van der Waals surface area contributed by atoms with Crippen molar-refractivity contribution in [3.63, 3.8) is 0 Å². The average Bonchev–Trinajstić information content (AvgIpc) is 2.70. The zero-order valence-electron chi connectivity index (χ0n) is 16.3. The van der Waals surface area contributed by atoms with Crippen LogP contribution >= 0.6 is 0 Å². The highest BCUT2D eigenvalue weighted by atomic mass is 16.5. The standard InChI is InChI=1S/C23H27N3O2/c1-2-3-4-5-6-13-27-18-10-7-16(8-11-18)22-19-12-9-17(25)14-21(19)28-23(26)20(22)15-24/h7-12,14,22H,2-6,13,25-26H2,1H3/t22-/m0/s1. The van der Waals surface area contributed by atoms with Gasteiger partial charge in [-0.05, 0) is 30.2 Å². The van der Waals surface area contributed by atoms with Gasteiger partial charge < -0.3 is 20.9 Å². The Labute approximate surface area is 166 Å². The van der Waals surface area contributed by atoms with Crippen molar-refractivity contribution in [2.45, 2.75) is 44.9 Å². The van der Waals surface area contributed by atoms with E-state index < -0.39 is 0 Å². The Morgan fingerprint density at radius 1 is 1.04 bits per heavy atom. The fraction of sp³-hybridized carbons (Fsp3) is 0.348. The highest BCUT2D eigenvalue weighted by molar-refractivity contribution is 5.59. The molecule has 1 aliphatic heterocycles. The zero-order valence-corrected chi connectivity index (χ0v) is 16.3. The van der Waals surface area contributed by atoms with E-state index in [1.54, 1.807) is 6.07 Å². The average molecular weight is 377 g/mol. The molecule has 1 atom stereocenters. The number of nitriles is 1. The van der Waals surface area contributed by atoms with E-state index in [4.69, 9.17) is 20.9 Å². The first-order valence-corrected chi connectivity index (χ1v) is 9.83. The molecule has 1 heterocycles. The molecule has 2 aromatic carbocycles. The highest BCUT2D eigenvalue weighted by Crippen LogP contribution is 2.42. The second-order valence-corrected chi connectivity index (χ2v) is 7.05. The summed E-state index contributed by atoms with van der Waals surface area (Å²) in [5, 5.41) is 9.62. The van der Waals surface area contributed by atoms with Gasteiger partial charge in [0.1, 0.15) is 23.1 Å². The van der Waals surface area contributed by atoms with Crippen molar-refractivity contribution in [2.24, 2.45) is 5.73 Å². The molecule has 4 N–H and O–H groups in total. The van der Waals surface area contributed by atoms with Crippen LogP contribution in [-0.2, 0) is 0 Å². The van der Waals surface area contributed by atoms with Gasteiger partial charge >= 0.3 is 0 Å². The van der Waals surface area contributed by atoms with Gasteiger partial charge in [-0.15, -0.1) is 0 Å². The molecule has 5 nitrogen and oxygen atoms in total. The lowest BCUT2D eigenvalue weighted by molar-refractivity contribution is 0.304. The molecule has 0 radical (unpaired) electrons. The summed E-state index contributed by atoms with van der Waals surface area (Å²) in [7, 11) is 0. The van der Waals surface area contributed by atoms with Crippen molar-refractivity contribution in [3.05, 3.63) is 65.0 Å². The van der Waals surface area contributed by atoms with Gasteiger partial charge in [-0.3, -0.25) is 0 Å². The minimum absolute atomic E-state index is 0.123. The fourth-order valence-corrected chi connectivity index (χ4v) is 3.47. The number of rotatable bonds is 8. The predicted octanol–water partition coefficient (Wildman–Crippen LogP) is 4.84. The Hall–Kier alpha value is -3.13. The number of nitrogens with two attached hydrogens (primary N) is 2. The normalized spacial score (nSPS) is 15.5. The Kier molecular flexibility index (Phi) is 6.44. The molecule has 0 fully saturated rings. The third-order valence-corrected chi connectivity index (χ3v) is 4.97. The van der Waals surface area contributed by atoms with Crippen LogP contribution in [0, 0.1) is 11.3 Å². The molecule has 5 heteroatoms. The zero-order chi connectivity index (χ0) is 19.9. The number of unbranched alkanes of at least 4 members (excludes halogenated alkanes) is 4. The number of anilines is 1. The lowest BCUT2D eigenvalue weighted by Gasteiger charge is -2.26. The van der Waals surface area contributed by atoms with E-state index in [2.05, 4.69) is 13.0 Å². The van der Waals surface area contributed by atoms with Crippen molar-refractivity contribution in [2.75, 3.05) is 12.3 Å². The quantitative estimate of drug-likeness (QED) is 0.507. The largest absolute Gasteiger partial charge is 0.494 e. The number of benzene rings is 2. The lowest BCUT2D eigenvalue weighted by Crippen LogP contribution is -2.21. The second kappa shape index (κ2) is 9.18. The van der Waals surface area contributed by atoms with Gasteiger partial charge in [0.05, 0.1) is 12.5 Å². The van der Waals surface area contributed by atoms with Crippen LogP contribution in [-0.4, -0.2) is 6.61 Å². The molecule has 0 unspecified atom stereocenters. The first-order valence-electron chi connectivity index (χ1n) is 9.83. The van der Waals surface area contributed by atoms with E-state index >= 15 is 0 Å². The first-order chi connectivity index (χ1) is 13.6. The number of hydrogen-bond acceptors (Lipinski definition) is 5. The maximum atomic E-state index is 9.62. The van der Waals surface area contributed by atoms with Crippen LogP contribution in [0.25, 0.3) is 0 Å². The summed E-state index contributed by atoms with van der Waals surface area (Å²) < 4.78 is 11.5. The molecule has 0 saturated heterocycles. The number of allylic oxidation sites excluding steroid dienone is 1. The number of fused-ring (bicyclic) bond motifs is 1. The number of nitrogen functional groups attached to an aromatic ring is 1. The minimum Gasteiger partial charge on any atom is -0.494 e. The Morgan fingerprint density at radius 2 is 1.79 bits per heavy atom. The van der Waals surface area contributed by atoms with Crippen LogP contribution in [0.1, 0.15) is 56.1 Å². The van der Waals surface area contributed by atoms with E-state index in [9.17, 15) is 5.26 Å². The molecule has 0 amide bonds. The molecule has 146 valence electrons. The maximum absolute atomic E-state index is 9.62. The van der Waals surface area contributed by atoms with Gasteiger partial charge in [-0.2, -0.15) is 5.26 Å². The van der Waals surface area contributed by atoms with E-state index in [-0.39, 0.29) is 11.8 Å². The molecular weight excluding hydrogens is 350 g/mol.